The van der Waals surface area contributed by atoms with Gasteiger partial charge in [0.2, 0.25) is 0 Å². The molecular formula is C18H40N2O2. The number of carbonyl (C=O) groups is 1. The Bertz CT molecular complexity index is 233. The van der Waals surface area contributed by atoms with Crippen LogP contribution < -0.4 is 5.32 Å². The lowest BCUT2D eigenvalue weighted by molar-refractivity contribution is -0.143. The lowest BCUT2D eigenvalue weighted by Crippen LogP contribution is -2.33. The minimum atomic E-state index is -0.631. The molecule has 0 spiro atoms. The molecule has 0 bridgehead atoms. The monoisotopic (exact) mass is 316 g/mol. The molecule has 0 aromatic carbocycles. The highest BCUT2D eigenvalue weighted by Gasteiger charge is 2.22. The Balaban J connectivity index is 0. The molecule has 2 rings (SSSR count). The predicted octanol–water partition coefficient (Wildman–Crippen LogP) is 4.00. The number of carboxylic acid groups (broad SMARTS) is 1. The van der Waals surface area contributed by atoms with Gasteiger partial charge in [0.25, 0.3) is 0 Å². The first-order chi connectivity index (χ1) is 10.6. The molecule has 0 amide bonds. The first kappa shape index (κ1) is 23.7. The van der Waals surface area contributed by atoms with Crippen LogP contribution in [0.2, 0.25) is 0 Å². The number of nitrogens with one attached hydrogen (secondary N) is 1. The molecule has 0 radical (unpaired) electrons. The molecule has 0 aromatic heterocycles. The molecule has 1 saturated carbocycles. The summed E-state index contributed by atoms with van der Waals surface area (Å²) < 4.78 is 0. The molecule has 1 aliphatic carbocycles. The zero-order chi connectivity index (χ0) is 17.4. The second kappa shape index (κ2) is 16.8. The van der Waals surface area contributed by atoms with Crippen molar-refractivity contribution in [2.45, 2.75) is 78.7 Å². The number of rotatable bonds is 2. The van der Waals surface area contributed by atoms with E-state index in [0.29, 0.717) is 0 Å². The van der Waals surface area contributed by atoms with E-state index in [0.717, 1.165) is 32.0 Å². The van der Waals surface area contributed by atoms with Crippen molar-refractivity contribution in [2.75, 3.05) is 27.2 Å². The number of nitrogens with zero attached hydrogens (tertiary/aromatic N) is 1. The maximum atomic E-state index is 10.4. The van der Waals surface area contributed by atoms with Crippen LogP contribution in [0.15, 0.2) is 0 Å². The van der Waals surface area contributed by atoms with Crippen molar-refractivity contribution in [1.29, 1.82) is 0 Å². The molecule has 0 atom stereocenters. The van der Waals surface area contributed by atoms with Crippen LogP contribution in [0.25, 0.3) is 0 Å². The Morgan fingerprint density at radius 3 is 1.73 bits per heavy atom. The second-order valence-corrected chi connectivity index (χ2v) is 5.54. The van der Waals surface area contributed by atoms with Gasteiger partial charge in [-0.3, -0.25) is 4.79 Å². The molecule has 0 aromatic rings. The Hall–Kier alpha value is -0.610. The molecule has 4 heteroatoms. The first-order valence-corrected chi connectivity index (χ1v) is 9.22. The van der Waals surface area contributed by atoms with Crippen LogP contribution in [0, 0.1) is 5.92 Å². The van der Waals surface area contributed by atoms with Gasteiger partial charge in [-0.25, -0.2) is 0 Å². The minimum absolute atomic E-state index is 0.0869. The van der Waals surface area contributed by atoms with Gasteiger partial charge in [-0.15, -0.1) is 0 Å². The molecule has 2 N–H and O–H groups in total. The van der Waals surface area contributed by atoms with Crippen LogP contribution in [0.4, 0.5) is 0 Å². The van der Waals surface area contributed by atoms with Crippen LogP contribution in [-0.2, 0) is 4.79 Å². The third-order valence-corrected chi connectivity index (χ3v) is 4.08. The van der Waals surface area contributed by atoms with Gasteiger partial charge < -0.3 is 15.3 Å². The van der Waals surface area contributed by atoms with Crippen molar-refractivity contribution >= 4 is 5.97 Å². The smallest absolute Gasteiger partial charge is 0.306 e. The zero-order valence-corrected chi connectivity index (χ0v) is 15.8. The normalized spacial score (nSPS) is 19.5. The summed E-state index contributed by atoms with van der Waals surface area (Å²) in [5.41, 5.74) is 0. The number of likely N-dealkylation sites (tertiary alicyclic amines) is 1. The maximum absolute atomic E-state index is 10.4. The summed E-state index contributed by atoms with van der Waals surface area (Å²) in [5, 5.41) is 11.9. The van der Waals surface area contributed by atoms with Crippen LogP contribution in [0.3, 0.4) is 0 Å². The van der Waals surface area contributed by atoms with E-state index < -0.39 is 5.97 Å². The van der Waals surface area contributed by atoms with Gasteiger partial charge in [-0.05, 0) is 52.9 Å². The zero-order valence-electron chi connectivity index (χ0n) is 15.8. The van der Waals surface area contributed by atoms with Crippen LogP contribution >= 0.6 is 0 Å². The molecule has 1 aliphatic heterocycles. The van der Waals surface area contributed by atoms with Gasteiger partial charge in [0.15, 0.2) is 0 Å². The van der Waals surface area contributed by atoms with Crippen LogP contribution in [0.5, 0.6) is 0 Å². The lowest BCUT2D eigenvalue weighted by Gasteiger charge is -2.25. The van der Waals surface area contributed by atoms with Gasteiger partial charge in [-0.2, -0.15) is 0 Å². The van der Waals surface area contributed by atoms with Gasteiger partial charge >= 0.3 is 5.97 Å². The van der Waals surface area contributed by atoms with Gasteiger partial charge in [0.1, 0.15) is 0 Å². The number of piperidine rings is 1. The van der Waals surface area contributed by atoms with Gasteiger partial charge in [0, 0.05) is 6.04 Å². The molecule has 134 valence electrons. The SMILES string of the molecule is CC.CC.CN1CCC(C(=O)O)CC1.CNC1CCCCC1. The van der Waals surface area contributed by atoms with E-state index in [2.05, 4.69) is 17.3 Å². The quantitative estimate of drug-likeness (QED) is 0.808. The summed E-state index contributed by atoms with van der Waals surface area (Å²) in [7, 11) is 4.09. The van der Waals surface area contributed by atoms with Crippen molar-refractivity contribution in [3.63, 3.8) is 0 Å². The Morgan fingerprint density at radius 2 is 1.41 bits per heavy atom. The molecular weight excluding hydrogens is 276 g/mol. The molecule has 1 saturated heterocycles. The number of carboxylic acids is 1. The summed E-state index contributed by atoms with van der Waals surface area (Å²) in [6, 6.07) is 0.837. The molecule has 1 heterocycles. The highest BCUT2D eigenvalue weighted by atomic mass is 16.4. The van der Waals surface area contributed by atoms with Crippen molar-refractivity contribution in [3.8, 4) is 0 Å². The van der Waals surface area contributed by atoms with E-state index in [-0.39, 0.29) is 5.92 Å². The standard InChI is InChI=1S/C7H13NO2.C7H15N.2C2H6/c1-8-4-2-6(3-5-8)7(9)10;1-8-7-5-3-2-4-6-7;2*1-2/h6H,2-5H2,1H3,(H,9,10);7-8H,2-6H2,1H3;2*1-2H3. The molecule has 4 nitrogen and oxygen atoms in total. The van der Waals surface area contributed by atoms with Gasteiger partial charge in [-0.1, -0.05) is 47.0 Å². The predicted molar refractivity (Wildman–Crippen MR) is 96.5 cm³/mol. The van der Waals surface area contributed by atoms with E-state index in [1.54, 1.807) is 0 Å². The number of hydrogen-bond acceptors (Lipinski definition) is 3. The minimum Gasteiger partial charge on any atom is -0.481 e. The largest absolute Gasteiger partial charge is 0.481 e. The maximum Gasteiger partial charge on any atom is 0.306 e. The molecule has 0 unspecified atom stereocenters. The number of hydrogen-bond donors (Lipinski definition) is 2. The summed E-state index contributed by atoms with van der Waals surface area (Å²) in [5.74, 6) is -0.718. The van der Waals surface area contributed by atoms with Crippen LogP contribution in [-0.4, -0.2) is 49.2 Å². The number of aliphatic carboxylic acids is 1. The van der Waals surface area contributed by atoms with Crippen molar-refractivity contribution in [2.24, 2.45) is 5.92 Å². The Labute approximate surface area is 138 Å². The van der Waals surface area contributed by atoms with Crippen molar-refractivity contribution < 1.29 is 9.90 Å². The van der Waals surface area contributed by atoms with E-state index in [1.807, 2.05) is 34.7 Å². The fourth-order valence-electron chi connectivity index (χ4n) is 2.65. The third-order valence-electron chi connectivity index (χ3n) is 4.08. The third kappa shape index (κ3) is 12.0. The fourth-order valence-corrected chi connectivity index (χ4v) is 2.65. The summed E-state index contributed by atoms with van der Waals surface area (Å²) >= 11 is 0. The van der Waals surface area contributed by atoms with Crippen molar-refractivity contribution in [1.82, 2.24) is 10.2 Å². The summed E-state index contributed by atoms with van der Waals surface area (Å²) in [4.78, 5) is 12.6. The fraction of sp³-hybridized carbons (Fsp3) is 0.944. The second-order valence-electron chi connectivity index (χ2n) is 5.54. The lowest BCUT2D eigenvalue weighted by atomic mass is 9.96. The average molecular weight is 317 g/mol. The summed E-state index contributed by atoms with van der Waals surface area (Å²) in [6.45, 7) is 9.86. The highest BCUT2D eigenvalue weighted by molar-refractivity contribution is 5.70. The van der Waals surface area contributed by atoms with Crippen molar-refractivity contribution in [3.05, 3.63) is 0 Å². The average Bonchev–Trinajstić information content (AvgIpc) is 2.60. The molecule has 2 fully saturated rings. The Kier molecular flexibility index (Phi) is 18.0. The summed E-state index contributed by atoms with van der Waals surface area (Å²) in [6.07, 6.45) is 8.75. The molecule has 22 heavy (non-hydrogen) atoms. The Morgan fingerprint density at radius 1 is 0.955 bits per heavy atom. The van der Waals surface area contributed by atoms with E-state index in [4.69, 9.17) is 5.11 Å². The van der Waals surface area contributed by atoms with Gasteiger partial charge in [0.05, 0.1) is 5.92 Å². The topological polar surface area (TPSA) is 52.6 Å². The first-order valence-electron chi connectivity index (χ1n) is 9.22. The highest BCUT2D eigenvalue weighted by Crippen LogP contribution is 2.16. The molecule has 2 aliphatic rings. The van der Waals surface area contributed by atoms with E-state index >= 15 is 0 Å². The van der Waals surface area contributed by atoms with E-state index in [9.17, 15) is 4.79 Å². The van der Waals surface area contributed by atoms with Crippen LogP contribution in [0.1, 0.15) is 72.6 Å². The van der Waals surface area contributed by atoms with E-state index in [1.165, 1.54) is 32.1 Å².